The number of alkyl halides is 3. The van der Waals surface area contributed by atoms with Crippen LogP contribution in [-0.4, -0.2) is 54.9 Å². The Morgan fingerprint density at radius 3 is 2.53 bits per heavy atom. The maximum Gasteiger partial charge on any atom is 0.401 e. The lowest BCUT2D eigenvalue weighted by atomic mass is 10.4. The Morgan fingerprint density at radius 1 is 1.41 bits per heavy atom. The van der Waals surface area contributed by atoms with Gasteiger partial charge in [0.25, 0.3) is 0 Å². The summed E-state index contributed by atoms with van der Waals surface area (Å²) < 4.78 is 36.4. The quantitative estimate of drug-likeness (QED) is 0.690. The number of carbonyl (C=O) groups excluding carboxylic acids is 1. The zero-order valence-electron chi connectivity index (χ0n) is 9.46. The number of nitrogens with one attached hydrogen (secondary N) is 1. The number of rotatable bonds is 7. The second-order valence-corrected chi connectivity index (χ2v) is 4.30. The van der Waals surface area contributed by atoms with Crippen molar-refractivity contribution in [2.45, 2.75) is 19.0 Å². The molecule has 1 aliphatic carbocycles. The van der Waals surface area contributed by atoms with E-state index in [1.165, 1.54) is 0 Å². The summed E-state index contributed by atoms with van der Waals surface area (Å²) in [5.41, 5.74) is 0. The molecule has 0 aliphatic heterocycles. The number of nitrogens with zero attached hydrogens (tertiary/aromatic N) is 1. The van der Waals surface area contributed by atoms with Crippen LogP contribution in [-0.2, 0) is 4.79 Å². The number of amides is 1. The molecule has 0 bridgehead atoms. The summed E-state index contributed by atoms with van der Waals surface area (Å²) in [6, 6.07) is 0. The molecule has 100 valence electrons. The van der Waals surface area contributed by atoms with Crippen molar-refractivity contribution in [2.24, 2.45) is 5.92 Å². The third kappa shape index (κ3) is 7.17. The van der Waals surface area contributed by atoms with Crippen molar-refractivity contribution in [3.8, 4) is 0 Å². The van der Waals surface area contributed by atoms with Crippen LogP contribution in [0.4, 0.5) is 13.2 Å². The van der Waals surface area contributed by atoms with Crippen LogP contribution in [0.3, 0.4) is 0 Å². The first-order valence-electron chi connectivity index (χ1n) is 5.57. The molecule has 2 N–H and O–H groups in total. The van der Waals surface area contributed by atoms with Crippen LogP contribution in [0.25, 0.3) is 0 Å². The largest absolute Gasteiger partial charge is 0.401 e. The van der Waals surface area contributed by atoms with Crippen LogP contribution in [0.1, 0.15) is 12.8 Å². The summed E-state index contributed by atoms with van der Waals surface area (Å²) in [6.07, 6.45) is -2.21. The van der Waals surface area contributed by atoms with Crippen LogP contribution < -0.4 is 5.32 Å². The zero-order chi connectivity index (χ0) is 12.9. The van der Waals surface area contributed by atoms with Gasteiger partial charge in [0, 0.05) is 13.1 Å². The molecule has 4 nitrogen and oxygen atoms in total. The zero-order valence-corrected chi connectivity index (χ0v) is 9.46. The maximum atomic E-state index is 12.1. The van der Waals surface area contributed by atoms with Gasteiger partial charge in [-0.2, -0.15) is 13.2 Å². The molecule has 0 aromatic carbocycles. The molecule has 1 amide bonds. The third-order valence-electron chi connectivity index (χ3n) is 2.47. The molecule has 0 saturated heterocycles. The summed E-state index contributed by atoms with van der Waals surface area (Å²) in [5, 5.41) is 11.2. The topological polar surface area (TPSA) is 52.6 Å². The molecular weight excluding hydrogens is 237 g/mol. The van der Waals surface area contributed by atoms with Gasteiger partial charge < -0.3 is 10.4 Å². The van der Waals surface area contributed by atoms with Crippen molar-refractivity contribution in [3.05, 3.63) is 0 Å². The Balaban J connectivity index is 2.27. The predicted molar refractivity (Wildman–Crippen MR) is 55.3 cm³/mol. The molecule has 0 unspecified atom stereocenters. The number of hydrogen-bond donors (Lipinski definition) is 2. The molecule has 1 rings (SSSR count). The molecule has 0 aromatic heterocycles. The van der Waals surface area contributed by atoms with Gasteiger partial charge in [-0.05, 0) is 18.8 Å². The lowest BCUT2D eigenvalue weighted by molar-refractivity contribution is -0.149. The fourth-order valence-electron chi connectivity index (χ4n) is 1.45. The molecule has 0 radical (unpaired) electrons. The van der Waals surface area contributed by atoms with Crippen molar-refractivity contribution in [2.75, 3.05) is 32.8 Å². The minimum atomic E-state index is -4.36. The number of aliphatic hydroxyl groups is 1. The first-order chi connectivity index (χ1) is 7.90. The van der Waals surface area contributed by atoms with Gasteiger partial charge in [0.05, 0.1) is 19.7 Å². The molecule has 0 heterocycles. The fourth-order valence-corrected chi connectivity index (χ4v) is 1.45. The lowest BCUT2D eigenvalue weighted by Gasteiger charge is -2.21. The van der Waals surface area contributed by atoms with E-state index < -0.39 is 25.2 Å². The van der Waals surface area contributed by atoms with Crippen LogP contribution in [0.15, 0.2) is 0 Å². The fraction of sp³-hybridized carbons (Fsp3) is 0.900. The summed E-state index contributed by atoms with van der Waals surface area (Å²) in [7, 11) is 0. The standard InChI is InChI=1S/C10H17F3N2O2/c11-10(12,13)7-15(3-4-16)6-9(17)14-5-8-1-2-8/h8,16H,1-7H2,(H,14,17). The highest BCUT2D eigenvalue weighted by molar-refractivity contribution is 5.78. The van der Waals surface area contributed by atoms with E-state index >= 15 is 0 Å². The minimum absolute atomic E-state index is 0.156. The molecule has 1 aliphatic rings. The van der Waals surface area contributed by atoms with Crippen molar-refractivity contribution in [3.63, 3.8) is 0 Å². The van der Waals surface area contributed by atoms with E-state index in [1.54, 1.807) is 0 Å². The SMILES string of the molecule is O=C(CN(CCO)CC(F)(F)F)NCC1CC1. The first kappa shape index (κ1) is 14.2. The summed E-state index contributed by atoms with van der Waals surface area (Å²) in [4.78, 5) is 12.2. The van der Waals surface area contributed by atoms with Gasteiger partial charge in [-0.3, -0.25) is 9.69 Å². The van der Waals surface area contributed by atoms with Gasteiger partial charge in [-0.25, -0.2) is 0 Å². The Kier molecular flexibility index (Phi) is 5.20. The average molecular weight is 254 g/mol. The van der Waals surface area contributed by atoms with E-state index in [4.69, 9.17) is 5.11 Å². The Labute approximate surface area is 97.8 Å². The highest BCUT2D eigenvalue weighted by Gasteiger charge is 2.31. The van der Waals surface area contributed by atoms with Crippen LogP contribution in [0.5, 0.6) is 0 Å². The van der Waals surface area contributed by atoms with Crippen molar-refractivity contribution in [1.29, 1.82) is 0 Å². The molecule has 0 atom stereocenters. The van der Waals surface area contributed by atoms with Gasteiger partial charge >= 0.3 is 6.18 Å². The molecule has 17 heavy (non-hydrogen) atoms. The number of carbonyl (C=O) groups is 1. The monoisotopic (exact) mass is 254 g/mol. The van der Waals surface area contributed by atoms with E-state index in [0.29, 0.717) is 12.5 Å². The summed E-state index contributed by atoms with van der Waals surface area (Å²) in [6.45, 7) is -1.52. The molecule has 1 fully saturated rings. The van der Waals surface area contributed by atoms with E-state index in [2.05, 4.69) is 5.32 Å². The highest BCUT2D eigenvalue weighted by Crippen LogP contribution is 2.27. The lowest BCUT2D eigenvalue weighted by Crippen LogP contribution is -2.43. The molecule has 0 aromatic rings. The van der Waals surface area contributed by atoms with Crippen LogP contribution in [0.2, 0.25) is 0 Å². The van der Waals surface area contributed by atoms with Crippen LogP contribution >= 0.6 is 0 Å². The molecule has 0 spiro atoms. The number of hydrogen-bond acceptors (Lipinski definition) is 3. The van der Waals surface area contributed by atoms with Gasteiger partial charge in [-0.15, -0.1) is 0 Å². The smallest absolute Gasteiger partial charge is 0.395 e. The number of aliphatic hydroxyl groups excluding tert-OH is 1. The summed E-state index contributed by atoms with van der Waals surface area (Å²) >= 11 is 0. The minimum Gasteiger partial charge on any atom is -0.395 e. The second kappa shape index (κ2) is 6.20. The van der Waals surface area contributed by atoms with Gasteiger partial charge in [0.1, 0.15) is 0 Å². The first-order valence-corrected chi connectivity index (χ1v) is 5.57. The highest BCUT2D eigenvalue weighted by atomic mass is 19.4. The van der Waals surface area contributed by atoms with E-state index in [9.17, 15) is 18.0 Å². The van der Waals surface area contributed by atoms with E-state index in [-0.39, 0.29) is 13.1 Å². The maximum absolute atomic E-state index is 12.1. The van der Waals surface area contributed by atoms with Crippen molar-refractivity contribution >= 4 is 5.91 Å². The Bertz CT molecular complexity index is 254. The van der Waals surface area contributed by atoms with Gasteiger partial charge in [0.2, 0.25) is 5.91 Å². The van der Waals surface area contributed by atoms with E-state index in [0.717, 1.165) is 17.7 Å². The molecule has 7 heteroatoms. The molecule has 1 saturated carbocycles. The predicted octanol–water partition coefficient (Wildman–Crippen LogP) is 0.369. The van der Waals surface area contributed by atoms with Crippen molar-refractivity contribution < 1.29 is 23.1 Å². The van der Waals surface area contributed by atoms with Crippen LogP contribution in [0, 0.1) is 5.92 Å². The normalized spacial score (nSPS) is 16.3. The Morgan fingerprint density at radius 2 is 2.06 bits per heavy atom. The Hall–Kier alpha value is -0.820. The number of halogens is 3. The second-order valence-electron chi connectivity index (χ2n) is 4.30. The van der Waals surface area contributed by atoms with E-state index in [1.807, 2.05) is 0 Å². The summed E-state index contributed by atoms with van der Waals surface area (Å²) in [5.74, 6) is 0.0717. The van der Waals surface area contributed by atoms with Gasteiger partial charge in [-0.1, -0.05) is 0 Å². The molecular formula is C10H17F3N2O2. The van der Waals surface area contributed by atoms with Gasteiger partial charge in [0.15, 0.2) is 0 Å². The van der Waals surface area contributed by atoms with Crippen molar-refractivity contribution in [1.82, 2.24) is 10.2 Å². The third-order valence-corrected chi connectivity index (χ3v) is 2.47. The average Bonchev–Trinajstić information content (AvgIpc) is 2.95.